The Bertz CT molecular complexity index is 881. The second-order valence-electron chi connectivity index (χ2n) is 7.06. The van der Waals surface area contributed by atoms with Crippen LogP contribution < -0.4 is 10.7 Å². The zero-order valence-electron chi connectivity index (χ0n) is 15.1. The third kappa shape index (κ3) is 3.07. The van der Waals surface area contributed by atoms with Crippen LogP contribution in [0.5, 0.6) is 0 Å². The number of aromatic nitrogens is 3. The zero-order chi connectivity index (χ0) is 18.3. The first-order valence-electron chi connectivity index (χ1n) is 9.25. The van der Waals surface area contributed by atoms with Gasteiger partial charge in [-0.3, -0.25) is 14.3 Å². The molecular weight excluding hydrogens is 332 g/mol. The average molecular weight is 356 g/mol. The highest BCUT2D eigenvalue weighted by Gasteiger charge is 2.34. The van der Waals surface area contributed by atoms with Crippen molar-refractivity contribution in [3.05, 3.63) is 51.7 Å². The number of amides is 1. The standard InChI is InChI=1S/C19H24N4O3/c1-3-23-16(6-8-20-23)18-15(7-9-26-18)21-19(25)14-11-22(13-4-5-13)12(2)10-17(14)24/h6,8,10-11,13,15,18H,3-5,7,9H2,1-2H3,(H,21,25)/t15-,18-/m0/s1. The van der Waals surface area contributed by atoms with Crippen molar-refractivity contribution in [1.29, 1.82) is 0 Å². The van der Waals surface area contributed by atoms with Crippen LogP contribution in [0.1, 0.15) is 60.1 Å². The molecule has 2 fully saturated rings. The van der Waals surface area contributed by atoms with E-state index in [0.29, 0.717) is 19.1 Å². The van der Waals surface area contributed by atoms with Crippen LogP contribution in [0.15, 0.2) is 29.3 Å². The number of hydrogen-bond acceptors (Lipinski definition) is 4. The fraction of sp³-hybridized carbons (Fsp3) is 0.526. The van der Waals surface area contributed by atoms with E-state index in [4.69, 9.17) is 4.74 Å². The van der Waals surface area contributed by atoms with Crippen LogP contribution in [0.2, 0.25) is 0 Å². The van der Waals surface area contributed by atoms with E-state index >= 15 is 0 Å². The summed E-state index contributed by atoms with van der Waals surface area (Å²) in [5.41, 5.74) is 1.83. The Morgan fingerprint density at radius 1 is 1.38 bits per heavy atom. The molecule has 26 heavy (non-hydrogen) atoms. The maximum atomic E-state index is 12.8. The molecule has 7 heteroatoms. The Morgan fingerprint density at radius 2 is 2.19 bits per heavy atom. The second-order valence-corrected chi connectivity index (χ2v) is 7.06. The van der Waals surface area contributed by atoms with Gasteiger partial charge < -0.3 is 14.6 Å². The summed E-state index contributed by atoms with van der Waals surface area (Å²) >= 11 is 0. The van der Waals surface area contributed by atoms with Gasteiger partial charge in [0.05, 0.1) is 11.7 Å². The molecule has 3 heterocycles. The van der Waals surface area contributed by atoms with Crippen LogP contribution in [0, 0.1) is 6.92 Å². The topological polar surface area (TPSA) is 78.2 Å². The van der Waals surface area contributed by atoms with E-state index in [1.807, 2.05) is 29.2 Å². The maximum absolute atomic E-state index is 12.8. The maximum Gasteiger partial charge on any atom is 0.257 e. The Kier molecular flexibility index (Phi) is 4.40. The van der Waals surface area contributed by atoms with E-state index in [1.54, 1.807) is 18.5 Å². The van der Waals surface area contributed by atoms with Gasteiger partial charge in [0.25, 0.3) is 5.91 Å². The van der Waals surface area contributed by atoms with Gasteiger partial charge in [-0.05, 0) is 39.2 Å². The van der Waals surface area contributed by atoms with Crippen molar-refractivity contribution >= 4 is 5.91 Å². The number of hydrogen-bond donors (Lipinski definition) is 1. The molecule has 0 aromatic carbocycles. The minimum atomic E-state index is -0.326. The Hall–Kier alpha value is -2.41. The number of aryl methyl sites for hydroxylation is 2. The molecule has 0 bridgehead atoms. The minimum Gasteiger partial charge on any atom is -0.370 e. The number of nitrogens with one attached hydrogen (secondary N) is 1. The van der Waals surface area contributed by atoms with Gasteiger partial charge in [0.1, 0.15) is 11.7 Å². The number of carbonyl (C=O) groups excluding carboxylic acids is 1. The molecule has 2 aromatic heterocycles. The molecule has 1 aliphatic heterocycles. The van der Waals surface area contributed by atoms with E-state index in [0.717, 1.165) is 30.8 Å². The van der Waals surface area contributed by atoms with Crippen LogP contribution in [-0.4, -0.2) is 32.9 Å². The predicted octanol–water partition coefficient (Wildman–Crippen LogP) is 1.97. The lowest BCUT2D eigenvalue weighted by molar-refractivity contribution is 0.0787. The van der Waals surface area contributed by atoms with Crippen LogP contribution in [0.3, 0.4) is 0 Å². The fourth-order valence-electron chi connectivity index (χ4n) is 3.69. The van der Waals surface area contributed by atoms with Crippen LogP contribution in [-0.2, 0) is 11.3 Å². The van der Waals surface area contributed by atoms with Gasteiger partial charge in [0, 0.05) is 43.3 Å². The van der Waals surface area contributed by atoms with Gasteiger partial charge in [-0.1, -0.05) is 0 Å². The summed E-state index contributed by atoms with van der Waals surface area (Å²) in [5.74, 6) is -0.326. The Labute approximate surface area is 152 Å². The third-order valence-corrected chi connectivity index (χ3v) is 5.21. The largest absolute Gasteiger partial charge is 0.370 e. The monoisotopic (exact) mass is 356 g/mol. The molecule has 138 valence electrons. The summed E-state index contributed by atoms with van der Waals surface area (Å²) in [6.07, 6.45) is 6.14. The number of nitrogens with zero attached hydrogens (tertiary/aromatic N) is 3. The van der Waals surface area contributed by atoms with Crippen molar-refractivity contribution < 1.29 is 9.53 Å². The molecule has 2 atom stereocenters. The summed E-state index contributed by atoms with van der Waals surface area (Å²) in [6.45, 7) is 5.25. The molecule has 7 nitrogen and oxygen atoms in total. The number of ether oxygens (including phenoxy) is 1. The quantitative estimate of drug-likeness (QED) is 0.888. The van der Waals surface area contributed by atoms with E-state index in [1.165, 1.54) is 0 Å². The van der Waals surface area contributed by atoms with Gasteiger partial charge in [-0.15, -0.1) is 0 Å². The lowest BCUT2D eigenvalue weighted by atomic mass is 10.1. The minimum absolute atomic E-state index is 0.167. The molecule has 0 spiro atoms. The van der Waals surface area contributed by atoms with Gasteiger partial charge >= 0.3 is 0 Å². The summed E-state index contributed by atoms with van der Waals surface area (Å²) in [5, 5.41) is 7.30. The molecule has 1 saturated carbocycles. The first kappa shape index (κ1) is 17.0. The average Bonchev–Trinajstić information content (AvgIpc) is 3.16. The van der Waals surface area contributed by atoms with Crippen molar-refractivity contribution in [3.8, 4) is 0 Å². The molecule has 1 amide bonds. The van der Waals surface area contributed by atoms with Crippen molar-refractivity contribution in [2.45, 2.75) is 57.8 Å². The van der Waals surface area contributed by atoms with E-state index in [9.17, 15) is 9.59 Å². The zero-order valence-corrected chi connectivity index (χ0v) is 15.1. The van der Waals surface area contributed by atoms with E-state index in [2.05, 4.69) is 10.4 Å². The SMILES string of the molecule is CCn1nccc1[C@H]1OCC[C@@H]1NC(=O)c1cn(C2CC2)c(C)cc1=O. The first-order valence-corrected chi connectivity index (χ1v) is 9.25. The van der Waals surface area contributed by atoms with Gasteiger partial charge in [-0.2, -0.15) is 5.10 Å². The molecule has 1 N–H and O–H groups in total. The molecule has 0 radical (unpaired) electrons. The number of carbonyl (C=O) groups is 1. The summed E-state index contributed by atoms with van der Waals surface area (Å²) in [7, 11) is 0. The summed E-state index contributed by atoms with van der Waals surface area (Å²) < 4.78 is 9.77. The molecule has 2 aromatic rings. The van der Waals surface area contributed by atoms with E-state index < -0.39 is 0 Å². The Balaban J connectivity index is 1.56. The smallest absolute Gasteiger partial charge is 0.257 e. The second kappa shape index (κ2) is 6.72. The summed E-state index contributed by atoms with van der Waals surface area (Å²) in [4.78, 5) is 25.1. The van der Waals surface area contributed by atoms with E-state index in [-0.39, 0.29) is 29.0 Å². The normalized spacial score (nSPS) is 22.5. The highest BCUT2D eigenvalue weighted by Crippen LogP contribution is 2.35. The van der Waals surface area contributed by atoms with Crippen LogP contribution in [0.4, 0.5) is 0 Å². The highest BCUT2D eigenvalue weighted by atomic mass is 16.5. The lowest BCUT2D eigenvalue weighted by Gasteiger charge is -2.21. The van der Waals surface area contributed by atoms with Crippen molar-refractivity contribution in [2.24, 2.45) is 0 Å². The molecule has 1 aliphatic carbocycles. The molecular formula is C19H24N4O3. The van der Waals surface area contributed by atoms with Crippen LogP contribution in [0.25, 0.3) is 0 Å². The number of rotatable bonds is 5. The van der Waals surface area contributed by atoms with Crippen molar-refractivity contribution in [3.63, 3.8) is 0 Å². The lowest BCUT2D eigenvalue weighted by Crippen LogP contribution is -2.39. The molecule has 2 aliphatic rings. The molecule has 4 rings (SSSR count). The van der Waals surface area contributed by atoms with Gasteiger partial charge in [0.15, 0.2) is 5.43 Å². The highest BCUT2D eigenvalue weighted by molar-refractivity contribution is 5.94. The van der Waals surface area contributed by atoms with Gasteiger partial charge in [-0.25, -0.2) is 0 Å². The van der Waals surface area contributed by atoms with Crippen LogP contribution >= 0.6 is 0 Å². The first-order chi connectivity index (χ1) is 12.6. The summed E-state index contributed by atoms with van der Waals surface area (Å²) in [6, 6.07) is 3.73. The van der Waals surface area contributed by atoms with Crippen molar-refractivity contribution in [1.82, 2.24) is 19.7 Å². The van der Waals surface area contributed by atoms with Crippen molar-refractivity contribution in [2.75, 3.05) is 6.61 Å². The Morgan fingerprint density at radius 3 is 2.92 bits per heavy atom. The molecule has 0 unspecified atom stereocenters. The predicted molar refractivity (Wildman–Crippen MR) is 96.2 cm³/mol. The molecule has 1 saturated heterocycles. The van der Waals surface area contributed by atoms with Gasteiger partial charge in [0.2, 0.25) is 0 Å². The number of pyridine rings is 1. The third-order valence-electron chi connectivity index (χ3n) is 5.21. The fourth-order valence-corrected chi connectivity index (χ4v) is 3.69.